The van der Waals surface area contributed by atoms with Crippen molar-refractivity contribution >= 4 is 17.5 Å². The minimum Gasteiger partial charge on any atom is -0.337 e. The molecule has 0 aliphatic carbocycles. The third kappa shape index (κ3) is 3.37. The van der Waals surface area contributed by atoms with Gasteiger partial charge in [-0.2, -0.15) is 0 Å². The van der Waals surface area contributed by atoms with Gasteiger partial charge in [0.2, 0.25) is 5.91 Å². The number of pyridine rings is 2. The minimum absolute atomic E-state index is 0.0251. The van der Waals surface area contributed by atoms with Crippen molar-refractivity contribution in [2.24, 2.45) is 5.92 Å². The average Bonchev–Trinajstić information content (AvgIpc) is 3.20. The van der Waals surface area contributed by atoms with Gasteiger partial charge < -0.3 is 14.2 Å². The van der Waals surface area contributed by atoms with Crippen LogP contribution < -0.4 is 0 Å². The Morgan fingerprint density at radius 2 is 2.10 bits per heavy atom. The normalized spacial score (nSPS) is 22.0. The summed E-state index contributed by atoms with van der Waals surface area (Å²) in [6.07, 6.45) is 9.43. The molecule has 0 saturated carbocycles. The number of imidazole rings is 1. The van der Waals surface area contributed by atoms with E-state index in [0.717, 1.165) is 24.1 Å². The summed E-state index contributed by atoms with van der Waals surface area (Å²) < 4.78 is 1.87. The van der Waals surface area contributed by atoms with Gasteiger partial charge in [0.25, 0.3) is 5.91 Å². The maximum absolute atomic E-state index is 13.0. The summed E-state index contributed by atoms with van der Waals surface area (Å²) in [6.45, 7) is 1.91. The van der Waals surface area contributed by atoms with Crippen molar-refractivity contribution in [3.63, 3.8) is 0 Å². The highest BCUT2D eigenvalue weighted by Crippen LogP contribution is 2.32. The summed E-state index contributed by atoms with van der Waals surface area (Å²) in [5.41, 5.74) is 2.30. The van der Waals surface area contributed by atoms with Crippen LogP contribution in [0.4, 0.5) is 0 Å². The molecule has 3 aromatic rings. The molecule has 0 unspecified atom stereocenters. The SMILES string of the molecule is O=C(c1cn2ccccc2n1)N1CC[C@H]2[C@H](CCC(=O)N2Cc2cccnc2)C1. The molecule has 2 amide bonds. The van der Waals surface area contributed by atoms with Gasteiger partial charge in [-0.05, 0) is 42.5 Å². The first-order valence-corrected chi connectivity index (χ1v) is 10.1. The highest BCUT2D eigenvalue weighted by Gasteiger charge is 2.40. The van der Waals surface area contributed by atoms with Gasteiger partial charge in [-0.3, -0.25) is 14.6 Å². The maximum Gasteiger partial charge on any atom is 0.274 e. The average molecular weight is 389 g/mol. The van der Waals surface area contributed by atoms with E-state index in [2.05, 4.69) is 9.97 Å². The van der Waals surface area contributed by atoms with Crippen LogP contribution in [0, 0.1) is 5.92 Å². The van der Waals surface area contributed by atoms with Crippen molar-refractivity contribution in [1.82, 2.24) is 24.2 Å². The van der Waals surface area contributed by atoms with E-state index in [1.807, 2.05) is 56.9 Å². The third-order valence-electron chi connectivity index (χ3n) is 6.09. The lowest BCUT2D eigenvalue weighted by atomic mass is 9.83. The highest BCUT2D eigenvalue weighted by atomic mass is 16.2. The lowest BCUT2D eigenvalue weighted by molar-refractivity contribution is -0.141. The van der Waals surface area contributed by atoms with Gasteiger partial charge in [-0.15, -0.1) is 0 Å². The van der Waals surface area contributed by atoms with Crippen LogP contribution in [0.5, 0.6) is 0 Å². The van der Waals surface area contributed by atoms with E-state index in [1.165, 1.54) is 0 Å². The fourth-order valence-electron chi connectivity index (χ4n) is 4.63. The quantitative estimate of drug-likeness (QED) is 0.690. The number of piperidine rings is 2. The molecule has 5 rings (SSSR count). The number of nitrogens with zero attached hydrogens (tertiary/aromatic N) is 5. The van der Waals surface area contributed by atoms with E-state index in [1.54, 1.807) is 12.4 Å². The molecular formula is C22H23N5O2. The molecule has 0 spiro atoms. The number of carbonyl (C=O) groups excluding carboxylic acids is 2. The monoisotopic (exact) mass is 389 g/mol. The van der Waals surface area contributed by atoms with E-state index >= 15 is 0 Å². The van der Waals surface area contributed by atoms with Crippen LogP contribution in [0.1, 0.15) is 35.3 Å². The predicted molar refractivity (Wildman–Crippen MR) is 107 cm³/mol. The Kier molecular flexibility index (Phi) is 4.50. The fraction of sp³-hybridized carbons (Fsp3) is 0.364. The van der Waals surface area contributed by atoms with Crippen LogP contribution in [-0.2, 0) is 11.3 Å². The van der Waals surface area contributed by atoms with Crippen molar-refractivity contribution < 1.29 is 9.59 Å². The summed E-state index contributed by atoms with van der Waals surface area (Å²) in [5, 5.41) is 0. The Labute approximate surface area is 169 Å². The molecule has 2 atom stereocenters. The molecular weight excluding hydrogens is 366 g/mol. The first-order chi connectivity index (χ1) is 14.2. The van der Waals surface area contributed by atoms with Crippen molar-refractivity contribution in [2.45, 2.75) is 31.8 Å². The number of hydrogen-bond donors (Lipinski definition) is 0. The summed E-state index contributed by atoms with van der Waals surface area (Å²) in [5.74, 6) is 0.484. The number of aromatic nitrogens is 3. The summed E-state index contributed by atoms with van der Waals surface area (Å²) in [6, 6.07) is 9.82. The zero-order valence-corrected chi connectivity index (χ0v) is 16.1. The predicted octanol–water partition coefficient (Wildman–Crippen LogP) is 2.38. The Balaban J connectivity index is 1.31. The molecule has 0 aromatic carbocycles. The standard InChI is InChI=1S/C22H23N5O2/c28-21-7-6-17-14-26(22(29)18-15-25-10-2-1-5-20(25)24-18)11-8-19(17)27(21)13-16-4-3-9-23-12-16/h1-5,9-10,12,15,17,19H,6-8,11,13-14H2/t17-,19+/m1/s1. The van der Waals surface area contributed by atoms with E-state index in [-0.39, 0.29) is 17.9 Å². The Morgan fingerprint density at radius 1 is 1.17 bits per heavy atom. The second-order valence-corrected chi connectivity index (χ2v) is 7.88. The van der Waals surface area contributed by atoms with E-state index in [0.29, 0.717) is 37.7 Å². The van der Waals surface area contributed by atoms with Crippen molar-refractivity contribution in [3.05, 3.63) is 66.4 Å². The second-order valence-electron chi connectivity index (χ2n) is 7.88. The largest absolute Gasteiger partial charge is 0.337 e. The molecule has 0 bridgehead atoms. The number of likely N-dealkylation sites (tertiary alicyclic amines) is 2. The van der Waals surface area contributed by atoms with Crippen molar-refractivity contribution in [3.8, 4) is 0 Å². The topological polar surface area (TPSA) is 70.8 Å². The van der Waals surface area contributed by atoms with E-state index < -0.39 is 0 Å². The molecule has 2 saturated heterocycles. The zero-order valence-electron chi connectivity index (χ0n) is 16.1. The first-order valence-electron chi connectivity index (χ1n) is 10.1. The van der Waals surface area contributed by atoms with Crippen LogP contribution >= 0.6 is 0 Å². The highest BCUT2D eigenvalue weighted by molar-refractivity contribution is 5.93. The van der Waals surface area contributed by atoms with Crippen LogP contribution in [0.15, 0.2) is 55.1 Å². The van der Waals surface area contributed by atoms with Gasteiger partial charge in [0.05, 0.1) is 0 Å². The van der Waals surface area contributed by atoms with Gasteiger partial charge in [0, 0.05) is 56.9 Å². The molecule has 5 heterocycles. The number of hydrogen-bond acceptors (Lipinski definition) is 4. The van der Waals surface area contributed by atoms with Gasteiger partial charge in [-0.25, -0.2) is 4.98 Å². The Morgan fingerprint density at radius 3 is 2.93 bits per heavy atom. The number of carbonyl (C=O) groups is 2. The summed E-state index contributed by atoms with van der Waals surface area (Å²) in [4.78, 5) is 38.2. The lowest BCUT2D eigenvalue weighted by Gasteiger charge is -2.47. The van der Waals surface area contributed by atoms with Crippen LogP contribution in [0.3, 0.4) is 0 Å². The van der Waals surface area contributed by atoms with Gasteiger partial charge in [-0.1, -0.05) is 12.1 Å². The Bertz CT molecular complexity index is 1010. The molecule has 7 nitrogen and oxygen atoms in total. The molecule has 7 heteroatoms. The molecule has 0 N–H and O–H groups in total. The third-order valence-corrected chi connectivity index (χ3v) is 6.09. The van der Waals surface area contributed by atoms with Gasteiger partial charge >= 0.3 is 0 Å². The van der Waals surface area contributed by atoms with E-state index in [4.69, 9.17) is 0 Å². The zero-order chi connectivity index (χ0) is 19.8. The molecule has 2 fully saturated rings. The van der Waals surface area contributed by atoms with Gasteiger partial charge in [0.15, 0.2) is 0 Å². The molecule has 3 aromatic heterocycles. The van der Waals surface area contributed by atoms with Gasteiger partial charge in [0.1, 0.15) is 11.3 Å². The number of fused-ring (bicyclic) bond motifs is 2. The van der Waals surface area contributed by atoms with Crippen molar-refractivity contribution in [2.75, 3.05) is 13.1 Å². The second kappa shape index (κ2) is 7.31. The maximum atomic E-state index is 13.0. The van der Waals surface area contributed by atoms with Crippen LogP contribution in [-0.4, -0.2) is 55.1 Å². The Hall–Kier alpha value is -3.22. The smallest absolute Gasteiger partial charge is 0.274 e. The molecule has 0 radical (unpaired) electrons. The number of rotatable bonds is 3. The minimum atomic E-state index is -0.0251. The summed E-state index contributed by atoms with van der Waals surface area (Å²) >= 11 is 0. The van der Waals surface area contributed by atoms with Crippen molar-refractivity contribution in [1.29, 1.82) is 0 Å². The van der Waals surface area contributed by atoms with E-state index in [9.17, 15) is 9.59 Å². The van der Waals surface area contributed by atoms with Crippen LogP contribution in [0.2, 0.25) is 0 Å². The van der Waals surface area contributed by atoms with Crippen LogP contribution in [0.25, 0.3) is 5.65 Å². The molecule has 2 aliphatic rings. The molecule has 148 valence electrons. The molecule has 2 aliphatic heterocycles. The lowest BCUT2D eigenvalue weighted by Crippen LogP contribution is -2.56. The first kappa shape index (κ1) is 17.8. The number of amides is 2. The molecule has 29 heavy (non-hydrogen) atoms. The summed E-state index contributed by atoms with van der Waals surface area (Å²) in [7, 11) is 0. The fourth-order valence-corrected chi connectivity index (χ4v) is 4.63.